The van der Waals surface area contributed by atoms with Crippen LogP contribution >= 0.6 is 24.0 Å². The van der Waals surface area contributed by atoms with Gasteiger partial charge in [-0.2, -0.15) is 0 Å². The van der Waals surface area contributed by atoms with E-state index in [9.17, 15) is 0 Å². The lowest BCUT2D eigenvalue weighted by atomic mass is 10.3. The third-order valence-electron chi connectivity index (χ3n) is 0.485. The predicted octanol–water partition coefficient (Wildman–Crippen LogP) is 2.61. The van der Waals surface area contributed by atoms with E-state index in [0.29, 0.717) is 5.88 Å². The van der Waals surface area contributed by atoms with Gasteiger partial charge in [0, 0.05) is 5.88 Å². The van der Waals surface area contributed by atoms with Gasteiger partial charge < -0.3 is 0 Å². The Kier molecular flexibility index (Phi) is 9.33. The summed E-state index contributed by atoms with van der Waals surface area (Å²) in [6.07, 6.45) is 1.97. The second-order valence-electron chi connectivity index (χ2n) is 1.44. The van der Waals surface area contributed by atoms with Crippen LogP contribution < -0.4 is 0 Å². The molecule has 0 bridgehead atoms. The van der Waals surface area contributed by atoms with Gasteiger partial charge in [-0.15, -0.1) is 24.0 Å². The molecule has 0 nitrogen and oxygen atoms in total. The summed E-state index contributed by atoms with van der Waals surface area (Å²) in [5, 5.41) is 0. The van der Waals surface area contributed by atoms with Crippen molar-refractivity contribution in [2.75, 3.05) is 5.88 Å². The highest BCUT2D eigenvalue weighted by Crippen LogP contribution is 1.87. The molecule has 0 fully saturated rings. The van der Waals surface area contributed by atoms with Gasteiger partial charge in [0.15, 0.2) is 0 Å². The molecule has 0 aliphatic carbocycles. The van der Waals surface area contributed by atoms with Crippen LogP contribution in [-0.2, 0) is 0 Å². The fraction of sp³-hybridized carbons (Fsp3) is 0.600. The molecule has 0 N–H and O–H groups in total. The van der Waals surface area contributed by atoms with Crippen LogP contribution in [0.2, 0.25) is 0 Å². The van der Waals surface area contributed by atoms with E-state index in [1.807, 2.05) is 19.9 Å². The smallest absolute Gasteiger partial charge is 0.0406 e. The van der Waals surface area contributed by atoms with Gasteiger partial charge in [-0.05, 0) is 13.8 Å². The Morgan fingerprint density at radius 1 is 1.57 bits per heavy atom. The second-order valence-corrected chi connectivity index (χ2v) is 1.74. The van der Waals surface area contributed by atoms with E-state index in [-0.39, 0.29) is 12.4 Å². The Morgan fingerprint density at radius 3 is 2.00 bits per heavy atom. The normalized spacial score (nSPS) is 6.71. The van der Waals surface area contributed by atoms with Crippen LogP contribution in [0.4, 0.5) is 0 Å². The van der Waals surface area contributed by atoms with Crippen molar-refractivity contribution < 1.29 is 0 Å². The first-order valence-corrected chi connectivity index (χ1v) is 2.50. The molecule has 0 atom stereocenters. The van der Waals surface area contributed by atoms with Crippen LogP contribution in [0.5, 0.6) is 0 Å². The van der Waals surface area contributed by atoms with Crippen LogP contribution in [0.3, 0.4) is 0 Å². The van der Waals surface area contributed by atoms with Gasteiger partial charge in [-0.25, -0.2) is 0 Å². The van der Waals surface area contributed by atoms with Gasteiger partial charge in [0.1, 0.15) is 0 Å². The van der Waals surface area contributed by atoms with E-state index in [0.717, 1.165) is 0 Å². The molecule has 0 unspecified atom stereocenters. The van der Waals surface area contributed by atoms with Crippen molar-refractivity contribution in [3.63, 3.8) is 0 Å². The number of hydrogen-bond donors (Lipinski definition) is 0. The summed E-state index contributed by atoms with van der Waals surface area (Å²) in [4.78, 5) is 0. The van der Waals surface area contributed by atoms with Crippen molar-refractivity contribution in [3.05, 3.63) is 11.6 Å². The Morgan fingerprint density at radius 2 is 2.00 bits per heavy atom. The lowest BCUT2D eigenvalue weighted by molar-refractivity contribution is 1.37. The first kappa shape index (κ1) is 10.3. The van der Waals surface area contributed by atoms with Crippen LogP contribution in [0, 0.1) is 0 Å². The van der Waals surface area contributed by atoms with Gasteiger partial charge in [-0.1, -0.05) is 11.6 Å². The molecule has 0 radical (unpaired) electrons. The molecule has 0 aliphatic heterocycles. The van der Waals surface area contributed by atoms with Crippen molar-refractivity contribution in [1.82, 2.24) is 0 Å². The molecule has 0 amide bonds. The van der Waals surface area contributed by atoms with Crippen molar-refractivity contribution in [3.8, 4) is 0 Å². The first-order valence-electron chi connectivity index (χ1n) is 1.96. The third-order valence-corrected chi connectivity index (χ3v) is 0.640. The molecule has 0 saturated carbocycles. The van der Waals surface area contributed by atoms with Crippen molar-refractivity contribution in [1.29, 1.82) is 0 Å². The average molecular weight is 141 g/mol. The summed E-state index contributed by atoms with van der Waals surface area (Å²) >= 11 is 5.32. The molecule has 7 heavy (non-hydrogen) atoms. The summed E-state index contributed by atoms with van der Waals surface area (Å²) < 4.78 is 0. The zero-order valence-corrected chi connectivity index (χ0v) is 6.14. The molecule has 0 saturated heterocycles. The van der Waals surface area contributed by atoms with E-state index >= 15 is 0 Å². The Labute approximate surface area is 56.0 Å². The first-order chi connectivity index (χ1) is 2.77. The fourth-order valence-corrected chi connectivity index (χ4v) is 0.463. The van der Waals surface area contributed by atoms with E-state index in [4.69, 9.17) is 11.6 Å². The van der Waals surface area contributed by atoms with E-state index in [2.05, 4.69) is 0 Å². The number of rotatable bonds is 1. The summed E-state index contributed by atoms with van der Waals surface area (Å²) in [7, 11) is 0. The minimum Gasteiger partial charge on any atom is -0.147 e. The van der Waals surface area contributed by atoms with Crippen molar-refractivity contribution >= 4 is 24.0 Å². The highest BCUT2D eigenvalue weighted by atomic mass is 35.5. The van der Waals surface area contributed by atoms with Crippen LogP contribution in [0.15, 0.2) is 11.6 Å². The standard InChI is InChI=1S/C5H9Cl.ClH/c1-5(2)3-4-6;/h3H,4H2,1-2H3;1H. The number of hydrogen-bond acceptors (Lipinski definition) is 0. The largest absolute Gasteiger partial charge is 0.147 e. The number of allylic oxidation sites excluding steroid dienone is 2. The molecule has 0 heterocycles. The minimum absolute atomic E-state index is 0. The Hall–Kier alpha value is 0.320. The quantitative estimate of drug-likeness (QED) is 0.389. The molecule has 2 heteroatoms. The van der Waals surface area contributed by atoms with Crippen molar-refractivity contribution in [2.24, 2.45) is 0 Å². The monoisotopic (exact) mass is 140 g/mol. The molecular formula is C5H10Cl2. The van der Waals surface area contributed by atoms with Gasteiger partial charge in [0.05, 0.1) is 0 Å². The highest BCUT2D eigenvalue weighted by Gasteiger charge is 1.68. The average Bonchev–Trinajstić information content (AvgIpc) is 1.35. The molecule has 0 spiro atoms. The topological polar surface area (TPSA) is 0 Å². The van der Waals surface area contributed by atoms with Crippen LogP contribution in [-0.4, -0.2) is 5.88 Å². The predicted molar refractivity (Wildman–Crippen MR) is 37.4 cm³/mol. The zero-order valence-electron chi connectivity index (χ0n) is 4.57. The fourth-order valence-electron chi connectivity index (χ4n) is 0.154. The van der Waals surface area contributed by atoms with E-state index in [1.165, 1.54) is 5.57 Å². The summed E-state index contributed by atoms with van der Waals surface area (Å²) in [5.41, 5.74) is 1.28. The number of halogens is 2. The third kappa shape index (κ3) is 10.7. The highest BCUT2D eigenvalue weighted by molar-refractivity contribution is 6.18. The van der Waals surface area contributed by atoms with Crippen LogP contribution in [0.25, 0.3) is 0 Å². The minimum atomic E-state index is 0. The van der Waals surface area contributed by atoms with Gasteiger partial charge >= 0.3 is 0 Å². The Bertz CT molecular complexity index is 53.1. The molecule has 0 rings (SSSR count). The molecule has 0 aromatic carbocycles. The maximum atomic E-state index is 5.32. The molecule has 44 valence electrons. The molecule has 0 aromatic heterocycles. The maximum Gasteiger partial charge on any atom is 0.0406 e. The number of alkyl halides is 1. The van der Waals surface area contributed by atoms with E-state index < -0.39 is 0 Å². The Balaban J connectivity index is 0. The lowest BCUT2D eigenvalue weighted by Gasteiger charge is -1.78. The summed E-state index contributed by atoms with van der Waals surface area (Å²) in [5.74, 6) is 0.641. The SMILES string of the molecule is CC(C)=CCCl.Cl. The van der Waals surface area contributed by atoms with Gasteiger partial charge in [0.25, 0.3) is 0 Å². The summed E-state index contributed by atoms with van der Waals surface area (Å²) in [6.45, 7) is 4.06. The second kappa shape index (κ2) is 6.32. The summed E-state index contributed by atoms with van der Waals surface area (Å²) in [6, 6.07) is 0. The zero-order chi connectivity index (χ0) is 4.99. The van der Waals surface area contributed by atoms with Crippen LogP contribution in [0.1, 0.15) is 13.8 Å². The maximum absolute atomic E-state index is 5.32. The molecular weight excluding hydrogens is 131 g/mol. The van der Waals surface area contributed by atoms with E-state index in [1.54, 1.807) is 0 Å². The van der Waals surface area contributed by atoms with Gasteiger partial charge in [0.2, 0.25) is 0 Å². The lowest BCUT2D eigenvalue weighted by Crippen LogP contribution is -1.62. The molecule has 0 aromatic rings. The van der Waals surface area contributed by atoms with Crippen molar-refractivity contribution in [2.45, 2.75) is 13.8 Å². The van der Waals surface area contributed by atoms with Gasteiger partial charge in [-0.3, -0.25) is 0 Å². The molecule has 0 aliphatic rings.